The van der Waals surface area contributed by atoms with Crippen molar-refractivity contribution in [2.45, 2.75) is 46.5 Å². The Hall–Kier alpha value is -1.75. The third-order valence-corrected chi connectivity index (χ3v) is 3.46. The first kappa shape index (κ1) is 15.6. The van der Waals surface area contributed by atoms with Crippen molar-refractivity contribution >= 4 is 0 Å². The molecule has 2 heterocycles. The van der Waals surface area contributed by atoms with E-state index in [9.17, 15) is 0 Å². The first-order chi connectivity index (χ1) is 9.94. The molecule has 0 saturated heterocycles. The summed E-state index contributed by atoms with van der Waals surface area (Å²) in [5.74, 6) is 1.34. The maximum absolute atomic E-state index is 5.88. The number of hydrogen-bond acceptors (Lipinski definition) is 5. The molecule has 1 unspecified atom stereocenters. The van der Waals surface area contributed by atoms with Crippen molar-refractivity contribution in [3.05, 3.63) is 29.9 Å². The predicted octanol–water partition coefficient (Wildman–Crippen LogP) is 3.17. The van der Waals surface area contributed by atoms with Gasteiger partial charge < -0.3 is 10.3 Å². The van der Waals surface area contributed by atoms with Crippen molar-refractivity contribution in [1.29, 1.82) is 0 Å². The summed E-state index contributed by atoms with van der Waals surface area (Å²) in [6.07, 6.45) is 5.40. The van der Waals surface area contributed by atoms with Crippen LogP contribution in [-0.4, -0.2) is 21.7 Å². The van der Waals surface area contributed by atoms with Gasteiger partial charge in [0.05, 0.1) is 5.92 Å². The van der Waals surface area contributed by atoms with Crippen LogP contribution in [0.25, 0.3) is 11.4 Å². The minimum absolute atomic E-state index is 0.0955. The van der Waals surface area contributed by atoms with Crippen molar-refractivity contribution in [2.24, 2.45) is 11.1 Å². The normalized spacial score (nSPS) is 13.4. The second-order valence-electron chi connectivity index (χ2n) is 6.54. The zero-order chi connectivity index (χ0) is 15.5. The van der Waals surface area contributed by atoms with E-state index in [0.717, 1.165) is 24.0 Å². The van der Waals surface area contributed by atoms with Gasteiger partial charge in [0, 0.05) is 24.5 Å². The van der Waals surface area contributed by atoms with Gasteiger partial charge in [-0.25, -0.2) is 0 Å². The summed E-state index contributed by atoms with van der Waals surface area (Å²) in [4.78, 5) is 8.70. The van der Waals surface area contributed by atoms with E-state index in [4.69, 9.17) is 10.3 Å². The van der Waals surface area contributed by atoms with Crippen LogP contribution >= 0.6 is 0 Å². The minimum atomic E-state index is 0.0955. The molecule has 0 bridgehead atoms. The second-order valence-corrected chi connectivity index (χ2v) is 6.54. The number of pyridine rings is 1. The molecule has 0 aliphatic rings. The van der Waals surface area contributed by atoms with E-state index < -0.39 is 0 Å². The highest BCUT2D eigenvalue weighted by atomic mass is 16.5. The first-order valence-electron chi connectivity index (χ1n) is 7.41. The lowest BCUT2D eigenvalue weighted by Gasteiger charge is -2.22. The number of aromatic nitrogens is 3. The van der Waals surface area contributed by atoms with Gasteiger partial charge in [-0.05, 0) is 29.9 Å². The molecule has 2 N–H and O–H groups in total. The van der Waals surface area contributed by atoms with E-state index in [2.05, 4.69) is 42.8 Å². The molecule has 5 heteroatoms. The average Bonchev–Trinajstić information content (AvgIpc) is 2.93. The molecule has 21 heavy (non-hydrogen) atoms. The maximum atomic E-state index is 5.88. The van der Waals surface area contributed by atoms with Crippen molar-refractivity contribution in [3.8, 4) is 11.4 Å². The van der Waals surface area contributed by atoms with E-state index in [1.807, 2.05) is 12.3 Å². The van der Waals surface area contributed by atoms with E-state index in [1.54, 1.807) is 6.20 Å². The van der Waals surface area contributed by atoms with Gasteiger partial charge >= 0.3 is 0 Å². The van der Waals surface area contributed by atoms with Crippen molar-refractivity contribution < 1.29 is 4.52 Å². The largest absolute Gasteiger partial charge is 0.339 e. The SMILES string of the molecule is CCc1cnccc1-c1noc(C(CN)CC(C)(C)C)n1. The number of nitrogens with zero attached hydrogens (tertiary/aromatic N) is 3. The van der Waals surface area contributed by atoms with E-state index in [0.29, 0.717) is 18.3 Å². The number of rotatable bonds is 5. The van der Waals surface area contributed by atoms with Gasteiger partial charge in [0.25, 0.3) is 0 Å². The van der Waals surface area contributed by atoms with E-state index in [-0.39, 0.29) is 11.3 Å². The predicted molar refractivity (Wildman–Crippen MR) is 82.8 cm³/mol. The first-order valence-corrected chi connectivity index (χ1v) is 7.41. The van der Waals surface area contributed by atoms with Crippen LogP contribution in [0.15, 0.2) is 23.0 Å². The number of nitrogens with two attached hydrogens (primary N) is 1. The lowest BCUT2D eigenvalue weighted by Crippen LogP contribution is -2.19. The Kier molecular flexibility index (Phi) is 4.73. The molecular weight excluding hydrogens is 264 g/mol. The molecule has 114 valence electrons. The maximum Gasteiger partial charge on any atom is 0.231 e. The topological polar surface area (TPSA) is 77.8 Å². The molecule has 2 aromatic rings. The molecule has 0 radical (unpaired) electrons. The van der Waals surface area contributed by atoms with Crippen LogP contribution in [0.1, 0.15) is 51.5 Å². The smallest absolute Gasteiger partial charge is 0.231 e. The fourth-order valence-electron chi connectivity index (χ4n) is 2.45. The van der Waals surface area contributed by atoms with E-state index in [1.165, 1.54) is 0 Å². The zero-order valence-electron chi connectivity index (χ0n) is 13.3. The lowest BCUT2D eigenvalue weighted by atomic mass is 9.84. The molecule has 2 rings (SSSR count). The van der Waals surface area contributed by atoms with Crippen LogP contribution in [0.3, 0.4) is 0 Å². The van der Waals surface area contributed by atoms with Crippen molar-refractivity contribution in [1.82, 2.24) is 15.1 Å². The molecule has 0 aliphatic heterocycles. The standard InChI is InChI=1S/C16H24N4O/c1-5-11-10-18-7-6-13(11)14-19-15(21-20-14)12(9-17)8-16(2,3)4/h6-7,10,12H,5,8-9,17H2,1-4H3. The Morgan fingerprint density at radius 1 is 1.33 bits per heavy atom. The van der Waals surface area contributed by atoms with E-state index >= 15 is 0 Å². The molecule has 0 aliphatic carbocycles. The molecule has 0 amide bonds. The third kappa shape index (κ3) is 3.88. The van der Waals surface area contributed by atoms with Gasteiger partial charge in [0.2, 0.25) is 11.7 Å². The summed E-state index contributed by atoms with van der Waals surface area (Å²) in [5, 5.41) is 4.12. The van der Waals surface area contributed by atoms with Gasteiger partial charge in [-0.15, -0.1) is 0 Å². The van der Waals surface area contributed by atoms with Gasteiger partial charge in [0.15, 0.2) is 0 Å². The zero-order valence-corrected chi connectivity index (χ0v) is 13.3. The molecule has 2 aromatic heterocycles. The molecule has 0 fully saturated rings. The molecule has 0 spiro atoms. The number of hydrogen-bond donors (Lipinski definition) is 1. The van der Waals surface area contributed by atoms with Crippen LogP contribution in [-0.2, 0) is 6.42 Å². The molecule has 0 aromatic carbocycles. The molecule has 5 nitrogen and oxygen atoms in total. The minimum Gasteiger partial charge on any atom is -0.339 e. The Balaban J connectivity index is 2.28. The summed E-state index contributed by atoms with van der Waals surface area (Å²) in [5.41, 5.74) is 8.15. The van der Waals surface area contributed by atoms with Crippen LogP contribution in [0.2, 0.25) is 0 Å². The highest BCUT2D eigenvalue weighted by molar-refractivity contribution is 5.58. The van der Waals surface area contributed by atoms with Crippen LogP contribution < -0.4 is 5.73 Å². The highest BCUT2D eigenvalue weighted by Gasteiger charge is 2.24. The summed E-state index contributed by atoms with van der Waals surface area (Å²) >= 11 is 0. The Morgan fingerprint density at radius 3 is 2.71 bits per heavy atom. The summed E-state index contributed by atoms with van der Waals surface area (Å²) in [7, 11) is 0. The van der Waals surface area contributed by atoms with Gasteiger partial charge in [0.1, 0.15) is 0 Å². The summed E-state index contributed by atoms with van der Waals surface area (Å²) < 4.78 is 5.46. The Bertz CT molecular complexity index is 586. The van der Waals surface area contributed by atoms with Crippen LogP contribution in [0, 0.1) is 5.41 Å². The summed E-state index contributed by atoms with van der Waals surface area (Å²) in [6, 6.07) is 1.93. The lowest BCUT2D eigenvalue weighted by molar-refractivity contribution is 0.287. The second kappa shape index (κ2) is 6.35. The van der Waals surface area contributed by atoms with Crippen molar-refractivity contribution in [3.63, 3.8) is 0 Å². The van der Waals surface area contributed by atoms with Crippen LogP contribution in [0.4, 0.5) is 0 Å². The van der Waals surface area contributed by atoms with Gasteiger partial charge in [-0.3, -0.25) is 4.98 Å². The van der Waals surface area contributed by atoms with Crippen LogP contribution in [0.5, 0.6) is 0 Å². The Morgan fingerprint density at radius 2 is 2.10 bits per heavy atom. The summed E-state index contributed by atoms with van der Waals surface area (Å²) in [6.45, 7) is 9.15. The third-order valence-electron chi connectivity index (χ3n) is 3.46. The Labute approximate surface area is 126 Å². The van der Waals surface area contributed by atoms with Crippen molar-refractivity contribution in [2.75, 3.05) is 6.54 Å². The van der Waals surface area contributed by atoms with Gasteiger partial charge in [-0.2, -0.15) is 4.98 Å². The fraction of sp³-hybridized carbons (Fsp3) is 0.562. The van der Waals surface area contributed by atoms with Gasteiger partial charge in [-0.1, -0.05) is 32.9 Å². The fourth-order valence-corrected chi connectivity index (χ4v) is 2.45. The highest BCUT2D eigenvalue weighted by Crippen LogP contribution is 2.31. The number of aryl methyl sites for hydroxylation is 1. The molecule has 1 atom stereocenters. The molecular formula is C16H24N4O. The monoisotopic (exact) mass is 288 g/mol. The average molecular weight is 288 g/mol. The quantitative estimate of drug-likeness (QED) is 0.914. The molecule has 0 saturated carbocycles.